The average Bonchev–Trinajstić information content (AvgIpc) is 3.52. The molecule has 2 heteroatoms. The maximum absolute atomic E-state index is 2.49. The topological polar surface area (TPSA) is 3.24 Å². The van der Waals surface area contributed by atoms with Crippen molar-refractivity contribution in [3.05, 3.63) is 176 Å². The fourth-order valence-corrected chi connectivity index (χ4v) is 8.72. The SMILES string of the molecule is c1ccc(-c2cccc(N(c3cccc4cc5sc6ccccc6c5cc34)c3cc4ccc5ccccc5c4c4ccccc34)c2)cc1. The van der Waals surface area contributed by atoms with Crippen LogP contribution in [0.1, 0.15) is 0 Å². The lowest BCUT2D eigenvalue weighted by Crippen LogP contribution is -2.11. The number of hydrogen-bond acceptors (Lipinski definition) is 2. The van der Waals surface area contributed by atoms with E-state index in [0.717, 1.165) is 5.69 Å². The fraction of sp³-hybridized carbons (Fsp3) is 0. The third-order valence-corrected chi connectivity index (χ3v) is 10.9. The van der Waals surface area contributed by atoms with Crippen LogP contribution >= 0.6 is 11.3 Å². The van der Waals surface area contributed by atoms with Crippen LogP contribution in [-0.4, -0.2) is 0 Å². The van der Waals surface area contributed by atoms with Crippen molar-refractivity contribution in [2.75, 3.05) is 4.90 Å². The molecule has 0 amide bonds. The zero-order valence-corrected chi connectivity index (χ0v) is 26.9. The van der Waals surface area contributed by atoms with Crippen LogP contribution in [0.3, 0.4) is 0 Å². The van der Waals surface area contributed by atoms with Gasteiger partial charge in [-0.1, -0.05) is 133 Å². The summed E-state index contributed by atoms with van der Waals surface area (Å²) in [6, 6.07) is 64.6. The monoisotopic (exact) mass is 627 g/mol. The highest BCUT2D eigenvalue weighted by Crippen LogP contribution is 2.47. The van der Waals surface area contributed by atoms with Crippen LogP contribution in [0.5, 0.6) is 0 Å². The molecule has 0 bridgehead atoms. The van der Waals surface area contributed by atoms with Crippen molar-refractivity contribution >= 4 is 91.7 Å². The van der Waals surface area contributed by atoms with Gasteiger partial charge in [0.1, 0.15) is 0 Å². The van der Waals surface area contributed by atoms with Crippen molar-refractivity contribution in [1.29, 1.82) is 0 Å². The van der Waals surface area contributed by atoms with Gasteiger partial charge in [0.2, 0.25) is 0 Å². The largest absolute Gasteiger partial charge is 0.309 e. The van der Waals surface area contributed by atoms with Crippen molar-refractivity contribution in [2.24, 2.45) is 0 Å². The van der Waals surface area contributed by atoms with Crippen LogP contribution < -0.4 is 4.90 Å². The predicted molar refractivity (Wildman–Crippen MR) is 209 cm³/mol. The summed E-state index contributed by atoms with van der Waals surface area (Å²) in [7, 11) is 0. The molecule has 0 fully saturated rings. The highest BCUT2D eigenvalue weighted by Gasteiger charge is 2.21. The van der Waals surface area contributed by atoms with E-state index >= 15 is 0 Å². The summed E-state index contributed by atoms with van der Waals surface area (Å²) in [6.07, 6.45) is 0. The summed E-state index contributed by atoms with van der Waals surface area (Å²) in [6.45, 7) is 0. The lowest BCUT2D eigenvalue weighted by molar-refractivity contribution is 1.32. The molecule has 1 aromatic heterocycles. The first kappa shape index (κ1) is 27.2. The lowest BCUT2D eigenvalue weighted by Gasteiger charge is -2.29. The van der Waals surface area contributed by atoms with Crippen molar-refractivity contribution in [1.82, 2.24) is 0 Å². The molecule has 0 radical (unpaired) electrons. The molecule has 48 heavy (non-hydrogen) atoms. The molecular formula is C46H29NS. The van der Waals surface area contributed by atoms with Gasteiger partial charge in [-0.2, -0.15) is 0 Å². The average molecular weight is 628 g/mol. The van der Waals surface area contributed by atoms with Crippen molar-refractivity contribution in [3.63, 3.8) is 0 Å². The van der Waals surface area contributed by atoms with E-state index in [1.54, 1.807) is 0 Å². The molecule has 0 N–H and O–H groups in total. The molecule has 0 unspecified atom stereocenters. The second kappa shape index (κ2) is 10.8. The van der Waals surface area contributed by atoms with E-state index in [2.05, 4.69) is 181 Å². The number of rotatable bonds is 4. The number of thiophene rings is 1. The fourth-order valence-electron chi connectivity index (χ4n) is 7.58. The molecule has 0 saturated carbocycles. The van der Waals surface area contributed by atoms with Gasteiger partial charge in [-0.3, -0.25) is 0 Å². The molecular weight excluding hydrogens is 599 g/mol. The molecule has 1 nitrogen and oxygen atoms in total. The summed E-state index contributed by atoms with van der Waals surface area (Å²) >= 11 is 1.87. The van der Waals surface area contributed by atoms with Crippen LogP contribution in [0.25, 0.3) is 74.4 Å². The Balaban J connectivity index is 1.32. The Labute approximate surface area is 282 Å². The van der Waals surface area contributed by atoms with E-state index in [0.29, 0.717) is 0 Å². The Bertz CT molecular complexity index is 2850. The minimum atomic E-state index is 1.13. The number of nitrogens with zero attached hydrogens (tertiary/aromatic N) is 1. The summed E-state index contributed by atoms with van der Waals surface area (Å²) in [5.74, 6) is 0. The van der Waals surface area contributed by atoms with Gasteiger partial charge in [0.25, 0.3) is 0 Å². The van der Waals surface area contributed by atoms with Crippen LogP contribution in [0.4, 0.5) is 17.1 Å². The first-order chi connectivity index (χ1) is 23.8. The van der Waals surface area contributed by atoms with Gasteiger partial charge in [0, 0.05) is 36.6 Å². The molecule has 0 aliphatic carbocycles. The third kappa shape index (κ3) is 4.24. The van der Waals surface area contributed by atoms with Gasteiger partial charge in [0.05, 0.1) is 11.4 Å². The summed E-state index contributed by atoms with van der Waals surface area (Å²) in [5.41, 5.74) is 5.87. The Morgan fingerprint density at radius 2 is 1.02 bits per heavy atom. The van der Waals surface area contributed by atoms with E-state index in [1.807, 2.05) is 11.3 Å². The van der Waals surface area contributed by atoms with Gasteiger partial charge >= 0.3 is 0 Å². The number of benzene rings is 9. The van der Waals surface area contributed by atoms with Gasteiger partial charge < -0.3 is 4.90 Å². The van der Waals surface area contributed by atoms with Crippen molar-refractivity contribution < 1.29 is 0 Å². The smallest absolute Gasteiger partial charge is 0.0546 e. The zero-order chi connectivity index (χ0) is 31.6. The first-order valence-corrected chi connectivity index (χ1v) is 17.2. The summed E-state index contributed by atoms with van der Waals surface area (Å²) in [5, 5.41) is 12.7. The quantitative estimate of drug-likeness (QED) is 0.176. The summed E-state index contributed by atoms with van der Waals surface area (Å²) < 4.78 is 2.64. The van der Waals surface area contributed by atoms with Gasteiger partial charge in [-0.15, -0.1) is 11.3 Å². The van der Waals surface area contributed by atoms with Gasteiger partial charge in [0.15, 0.2) is 0 Å². The van der Waals surface area contributed by atoms with E-state index < -0.39 is 0 Å². The van der Waals surface area contributed by atoms with Gasteiger partial charge in [-0.05, 0) is 85.9 Å². The van der Waals surface area contributed by atoms with Crippen LogP contribution in [0, 0.1) is 0 Å². The zero-order valence-electron chi connectivity index (χ0n) is 26.1. The summed E-state index contributed by atoms with van der Waals surface area (Å²) in [4.78, 5) is 2.49. The van der Waals surface area contributed by atoms with E-state index in [-0.39, 0.29) is 0 Å². The maximum Gasteiger partial charge on any atom is 0.0546 e. The third-order valence-electron chi connectivity index (χ3n) is 9.77. The Kier molecular flexibility index (Phi) is 6.12. The minimum absolute atomic E-state index is 1.13. The van der Waals surface area contributed by atoms with Crippen molar-refractivity contribution in [3.8, 4) is 11.1 Å². The van der Waals surface area contributed by atoms with Crippen LogP contribution in [0.15, 0.2) is 176 Å². The normalized spacial score (nSPS) is 11.8. The molecule has 9 aromatic carbocycles. The predicted octanol–water partition coefficient (Wildman–Crippen LogP) is 13.8. The Hall–Kier alpha value is -5.96. The van der Waals surface area contributed by atoms with Crippen LogP contribution in [-0.2, 0) is 0 Å². The molecule has 0 atom stereocenters. The minimum Gasteiger partial charge on any atom is -0.309 e. The van der Waals surface area contributed by atoms with Gasteiger partial charge in [-0.25, -0.2) is 0 Å². The molecule has 0 saturated heterocycles. The van der Waals surface area contributed by atoms with Crippen molar-refractivity contribution in [2.45, 2.75) is 0 Å². The Morgan fingerprint density at radius 1 is 0.333 bits per heavy atom. The van der Waals surface area contributed by atoms with E-state index in [9.17, 15) is 0 Å². The molecule has 0 aliphatic rings. The van der Waals surface area contributed by atoms with E-state index in [1.165, 1.54) is 85.8 Å². The molecule has 224 valence electrons. The first-order valence-electron chi connectivity index (χ1n) is 16.4. The second-order valence-corrected chi connectivity index (χ2v) is 13.6. The van der Waals surface area contributed by atoms with Crippen LogP contribution in [0.2, 0.25) is 0 Å². The standard InChI is InChI=1S/C46H29NS/c1-2-12-30(13-3-1)32-15-10-17-35(26-32)47(42-22-11-16-33-28-45-41(29-40(33)42)38-20-8-9-23-44(38)48-45)43-27-34-25-24-31-14-4-5-18-36(31)46(34)39-21-7-6-19-37(39)43/h1-29H. The molecule has 10 aromatic rings. The Morgan fingerprint density at radius 3 is 1.92 bits per heavy atom. The highest BCUT2D eigenvalue weighted by molar-refractivity contribution is 7.25. The molecule has 10 rings (SSSR count). The maximum atomic E-state index is 2.49. The lowest BCUT2D eigenvalue weighted by atomic mass is 9.94. The molecule has 0 aliphatic heterocycles. The number of fused-ring (bicyclic) bond motifs is 9. The highest BCUT2D eigenvalue weighted by atomic mass is 32.1. The number of hydrogen-bond donors (Lipinski definition) is 0. The molecule has 0 spiro atoms. The number of anilines is 3. The van der Waals surface area contributed by atoms with E-state index in [4.69, 9.17) is 0 Å². The second-order valence-electron chi connectivity index (χ2n) is 12.5. The molecule has 1 heterocycles.